The van der Waals surface area contributed by atoms with Gasteiger partial charge < -0.3 is 14.9 Å². The number of aromatic hydroxyl groups is 2. The summed E-state index contributed by atoms with van der Waals surface area (Å²) in [6.07, 6.45) is 3.48. The van der Waals surface area contributed by atoms with E-state index in [1.54, 1.807) is 12.2 Å². The highest BCUT2D eigenvalue weighted by atomic mass is 16.5. The molecule has 0 fully saturated rings. The highest BCUT2D eigenvalue weighted by Crippen LogP contribution is 2.33. The molecular formula is C10H12O3. The molecule has 1 rings (SSSR count). The number of hydrogen-bond acceptors (Lipinski definition) is 3. The van der Waals surface area contributed by atoms with Crippen molar-refractivity contribution in [3.63, 3.8) is 0 Å². The number of phenolic OH excluding ortho intramolecular Hbond substituents is 2. The average molecular weight is 180 g/mol. The average Bonchev–Trinajstić information content (AvgIpc) is 2.11. The standard InChI is InChI=1S/C10H12O3/c1-3-4-7-5-9(12)10(13-2)6-8(7)11/h3-6,11-12H,1-2H3. The minimum Gasteiger partial charge on any atom is -0.507 e. The topological polar surface area (TPSA) is 49.7 Å². The van der Waals surface area contributed by atoms with Crippen LogP contribution in [0.4, 0.5) is 0 Å². The summed E-state index contributed by atoms with van der Waals surface area (Å²) < 4.78 is 4.82. The second-order valence-corrected chi connectivity index (χ2v) is 2.58. The molecule has 0 atom stereocenters. The van der Waals surface area contributed by atoms with Crippen LogP contribution in [-0.4, -0.2) is 17.3 Å². The normalized spacial score (nSPS) is 10.6. The molecule has 3 heteroatoms. The Balaban J connectivity index is 3.20. The third-order valence-electron chi connectivity index (χ3n) is 1.67. The van der Waals surface area contributed by atoms with Gasteiger partial charge in [0.15, 0.2) is 11.5 Å². The Morgan fingerprint density at radius 1 is 1.23 bits per heavy atom. The van der Waals surface area contributed by atoms with E-state index in [-0.39, 0.29) is 17.2 Å². The maximum Gasteiger partial charge on any atom is 0.164 e. The SMILES string of the molecule is CC=Cc1cc(O)c(OC)cc1O. The summed E-state index contributed by atoms with van der Waals surface area (Å²) in [5.41, 5.74) is 0.570. The number of allylic oxidation sites excluding steroid dienone is 1. The maximum absolute atomic E-state index is 9.44. The molecule has 0 aliphatic rings. The van der Waals surface area contributed by atoms with E-state index < -0.39 is 0 Å². The van der Waals surface area contributed by atoms with E-state index in [1.807, 2.05) is 6.92 Å². The van der Waals surface area contributed by atoms with E-state index in [0.29, 0.717) is 5.56 Å². The number of hydrogen-bond donors (Lipinski definition) is 2. The molecule has 3 nitrogen and oxygen atoms in total. The van der Waals surface area contributed by atoms with Gasteiger partial charge in [0.1, 0.15) is 5.75 Å². The molecule has 0 aromatic heterocycles. The molecule has 70 valence electrons. The van der Waals surface area contributed by atoms with Crippen LogP contribution in [-0.2, 0) is 0 Å². The number of methoxy groups -OCH3 is 1. The number of ether oxygens (including phenoxy) is 1. The Kier molecular flexibility index (Phi) is 2.80. The molecule has 0 spiro atoms. The second kappa shape index (κ2) is 3.85. The molecule has 2 N–H and O–H groups in total. The Bertz CT molecular complexity index is 329. The molecule has 0 amide bonds. The van der Waals surface area contributed by atoms with Gasteiger partial charge in [0.05, 0.1) is 7.11 Å². The first-order chi connectivity index (χ1) is 6.19. The number of rotatable bonds is 2. The van der Waals surface area contributed by atoms with E-state index in [4.69, 9.17) is 4.74 Å². The van der Waals surface area contributed by atoms with Gasteiger partial charge in [0, 0.05) is 11.6 Å². The van der Waals surface area contributed by atoms with Gasteiger partial charge in [-0.2, -0.15) is 0 Å². The summed E-state index contributed by atoms with van der Waals surface area (Å²) >= 11 is 0. The summed E-state index contributed by atoms with van der Waals surface area (Å²) in [6.45, 7) is 1.83. The molecule has 0 saturated heterocycles. The van der Waals surface area contributed by atoms with Gasteiger partial charge in [-0.3, -0.25) is 0 Å². The van der Waals surface area contributed by atoms with Crippen LogP contribution >= 0.6 is 0 Å². The Hall–Kier alpha value is -1.64. The van der Waals surface area contributed by atoms with Crippen molar-refractivity contribution < 1.29 is 14.9 Å². The van der Waals surface area contributed by atoms with E-state index in [0.717, 1.165) is 0 Å². The van der Waals surface area contributed by atoms with E-state index in [2.05, 4.69) is 0 Å². The minimum atomic E-state index is 0.0217. The molecule has 0 unspecified atom stereocenters. The van der Waals surface area contributed by atoms with Crippen molar-refractivity contribution in [1.82, 2.24) is 0 Å². The van der Waals surface area contributed by atoms with E-state index in [1.165, 1.54) is 19.2 Å². The molecule has 0 aliphatic carbocycles. The van der Waals surface area contributed by atoms with Crippen LogP contribution in [0.5, 0.6) is 17.2 Å². The minimum absolute atomic E-state index is 0.0217. The van der Waals surface area contributed by atoms with Gasteiger partial charge in [0.2, 0.25) is 0 Å². The highest BCUT2D eigenvalue weighted by molar-refractivity contribution is 5.62. The smallest absolute Gasteiger partial charge is 0.164 e. The van der Waals surface area contributed by atoms with E-state index in [9.17, 15) is 10.2 Å². The lowest BCUT2D eigenvalue weighted by Gasteiger charge is -2.05. The summed E-state index contributed by atoms with van der Waals surface area (Å²) in [5, 5.41) is 18.8. The third-order valence-corrected chi connectivity index (χ3v) is 1.67. The van der Waals surface area contributed by atoms with Gasteiger partial charge in [0.25, 0.3) is 0 Å². The Morgan fingerprint density at radius 3 is 2.46 bits per heavy atom. The number of phenols is 2. The first-order valence-corrected chi connectivity index (χ1v) is 3.91. The fourth-order valence-electron chi connectivity index (χ4n) is 1.05. The lowest BCUT2D eigenvalue weighted by atomic mass is 10.1. The van der Waals surface area contributed by atoms with Crippen molar-refractivity contribution >= 4 is 6.08 Å². The van der Waals surface area contributed by atoms with Gasteiger partial charge in [-0.05, 0) is 13.0 Å². The van der Waals surface area contributed by atoms with Gasteiger partial charge in [-0.25, -0.2) is 0 Å². The summed E-state index contributed by atoms with van der Waals surface area (Å²) in [6, 6.07) is 2.83. The van der Waals surface area contributed by atoms with Crippen molar-refractivity contribution in [3.8, 4) is 17.2 Å². The quantitative estimate of drug-likeness (QED) is 0.685. The summed E-state index contributed by atoms with van der Waals surface area (Å²) in [5.74, 6) is 0.381. The fraction of sp³-hybridized carbons (Fsp3) is 0.200. The zero-order chi connectivity index (χ0) is 9.84. The lowest BCUT2D eigenvalue weighted by Crippen LogP contribution is -1.84. The van der Waals surface area contributed by atoms with Crippen molar-refractivity contribution in [2.45, 2.75) is 6.92 Å². The molecule has 13 heavy (non-hydrogen) atoms. The highest BCUT2D eigenvalue weighted by Gasteiger charge is 2.05. The zero-order valence-electron chi connectivity index (χ0n) is 7.61. The molecular weight excluding hydrogens is 168 g/mol. The molecule has 0 aliphatic heterocycles. The third kappa shape index (κ3) is 1.93. The predicted molar refractivity (Wildman–Crippen MR) is 51.0 cm³/mol. The van der Waals surface area contributed by atoms with Crippen LogP contribution in [0.25, 0.3) is 6.08 Å². The van der Waals surface area contributed by atoms with Gasteiger partial charge in [-0.15, -0.1) is 0 Å². The first kappa shape index (κ1) is 9.45. The van der Waals surface area contributed by atoms with Crippen LogP contribution < -0.4 is 4.74 Å². The number of benzene rings is 1. The Labute approximate surface area is 76.9 Å². The lowest BCUT2D eigenvalue weighted by molar-refractivity contribution is 0.368. The van der Waals surface area contributed by atoms with Crippen molar-refractivity contribution in [2.75, 3.05) is 7.11 Å². The molecule has 1 aromatic rings. The van der Waals surface area contributed by atoms with Crippen LogP contribution in [0.1, 0.15) is 12.5 Å². The van der Waals surface area contributed by atoms with Gasteiger partial charge in [-0.1, -0.05) is 12.2 Å². The van der Waals surface area contributed by atoms with Crippen LogP contribution in [0, 0.1) is 0 Å². The largest absolute Gasteiger partial charge is 0.507 e. The zero-order valence-corrected chi connectivity index (χ0v) is 7.61. The van der Waals surface area contributed by atoms with Crippen molar-refractivity contribution in [3.05, 3.63) is 23.8 Å². The van der Waals surface area contributed by atoms with Crippen LogP contribution in [0.2, 0.25) is 0 Å². The summed E-state index contributed by atoms with van der Waals surface area (Å²) in [7, 11) is 1.43. The summed E-state index contributed by atoms with van der Waals surface area (Å²) in [4.78, 5) is 0. The fourth-order valence-corrected chi connectivity index (χ4v) is 1.05. The Morgan fingerprint density at radius 2 is 1.92 bits per heavy atom. The molecule has 0 saturated carbocycles. The molecule has 0 heterocycles. The second-order valence-electron chi connectivity index (χ2n) is 2.58. The van der Waals surface area contributed by atoms with E-state index >= 15 is 0 Å². The predicted octanol–water partition coefficient (Wildman–Crippen LogP) is 2.14. The van der Waals surface area contributed by atoms with Gasteiger partial charge >= 0.3 is 0 Å². The molecule has 0 radical (unpaired) electrons. The first-order valence-electron chi connectivity index (χ1n) is 3.91. The molecule has 0 bridgehead atoms. The van der Waals surface area contributed by atoms with Crippen molar-refractivity contribution in [1.29, 1.82) is 0 Å². The van der Waals surface area contributed by atoms with Crippen molar-refractivity contribution in [2.24, 2.45) is 0 Å². The molecule has 1 aromatic carbocycles. The maximum atomic E-state index is 9.44. The monoisotopic (exact) mass is 180 g/mol. The van der Waals surface area contributed by atoms with Crippen LogP contribution in [0.15, 0.2) is 18.2 Å². The van der Waals surface area contributed by atoms with Crippen LogP contribution in [0.3, 0.4) is 0 Å².